The minimum absolute atomic E-state index is 0.269. The highest BCUT2D eigenvalue weighted by Crippen LogP contribution is 2.37. The van der Waals surface area contributed by atoms with Gasteiger partial charge in [-0.25, -0.2) is 9.97 Å². The van der Waals surface area contributed by atoms with Gasteiger partial charge in [0.1, 0.15) is 44.8 Å². The smallest absolute Gasteiger partial charge is 0.137 e. The zero-order valence-corrected chi connectivity index (χ0v) is 40.6. The first-order valence-electron chi connectivity index (χ1n) is 22.6. The topological polar surface area (TPSA) is 113 Å². The first kappa shape index (κ1) is 45.4. The van der Waals surface area contributed by atoms with E-state index in [1.807, 2.05) is 79.8 Å². The van der Waals surface area contributed by atoms with Crippen molar-refractivity contribution in [1.82, 2.24) is 19.5 Å². The molecular weight excluding hydrogens is 841 g/mol. The van der Waals surface area contributed by atoms with Gasteiger partial charge in [-0.15, -0.1) is 22.7 Å². The summed E-state index contributed by atoms with van der Waals surface area (Å²) >= 11 is 2.99. The number of para-hydroxylation sites is 2. The zero-order valence-electron chi connectivity index (χ0n) is 39.0. The molecule has 8 rings (SSSR count). The summed E-state index contributed by atoms with van der Waals surface area (Å²) in [5.74, 6) is 2.67. The van der Waals surface area contributed by atoms with E-state index in [4.69, 9.17) is 19.4 Å². The monoisotopic (exact) mass is 898 g/mol. The summed E-state index contributed by atoms with van der Waals surface area (Å²) in [5, 5.41) is 26.6. The lowest BCUT2D eigenvalue weighted by Gasteiger charge is -2.23. The summed E-state index contributed by atoms with van der Waals surface area (Å²) in [4.78, 5) is 13.8. The van der Waals surface area contributed by atoms with E-state index in [2.05, 4.69) is 101 Å². The standard InChI is InChI=1S/C55H58N6O2S2/c1-34(30-54(3,4)5)26-28-62-38-22-18-36(19-23-38)48-46-47(49(60-48)40(32-56)52-58-42-14-10-12-16-44(42)64-52)50(37-20-24-39(25-21-37)63-29-27-35(2)31-55(6,7)8)61(9)51(46)41(33-57)53-59-43-15-11-13-17-45(43)65-53/h10-25,34-35,60H,26-31H2,1-9H3/b49-40-,51-41-. The number of ether oxygens (including phenoxy) is 2. The van der Waals surface area contributed by atoms with Gasteiger partial charge in [0.15, 0.2) is 0 Å². The first-order chi connectivity index (χ1) is 31.1. The Labute approximate surface area is 390 Å². The molecule has 1 N–H and O–H groups in total. The molecule has 2 unspecified atom stereocenters. The van der Waals surface area contributed by atoms with E-state index >= 15 is 0 Å². The maximum absolute atomic E-state index is 11.2. The Morgan fingerprint density at radius 1 is 0.646 bits per heavy atom. The minimum atomic E-state index is 0.269. The van der Waals surface area contributed by atoms with Gasteiger partial charge in [0, 0.05) is 17.8 Å². The minimum Gasteiger partial charge on any atom is -0.494 e. The molecule has 2 atom stereocenters. The normalized spacial score (nSPS) is 14.0. The Hall–Kier alpha value is -6.20. The third-order valence-corrected chi connectivity index (χ3v) is 13.9. The molecule has 4 aromatic carbocycles. The summed E-state index contributed by atoms with van der Waals surface area (Å²) in [5.41, 5.74) is 6.52. The van der Waals surface area contributed by atoms with E-state index in [-0.39, 0.29) is 10.8 Å². The van der Waals surface area contributed by atoms with Crippen molar-refractivity contribution >= 4 is 65.0 Å². The molecule has 8 aromatic rings. The Kier molecular flexibility index (Phi) is 13.1. The third-order valence-electron chi connectivity index (χ3n) is 11.8. The molecule has 0 bridgehead atoms. The highest BCUT2D eigenvalue weighted by Gasteiger charge is 2.26. The fourth-order valence-electron chi connectivity index (χ4n) is 9.30. The molecule has 65 heavy (non-hydrogen) atoms. The van der Waals surface area contributed by atoms with Crippen molar-refractivity contribution in [3.63, 3.8) is 0 Å². The quantitative estimate of drug-likeness (QED) is 0.116. The lowest BCUT2D eigenvalue weighted by Crippen LogP contribution is -2.18. The second-order valence-corrected chi connectivity index (χ2v) is 22.0. The van der Waals surface area contributed by atoms with E-state index < -0.39 is 0 Å². The summed E-state index contributed by atoms with van der Waals surface area (Å²) in [6.45, 7) is 19.5. The number of H-pyrrole nitrogens is 1. The number of hydrogen-bond donors (Lipinski definition) is 1. The average Bonchev–Trinajstić information content (AvgIpc) is 4.03. The molecule has 0 aliphatic rings. The van der Waals surface area contributed by atoms with Crippen molar-refractivity contribution in [3.05, 3.63) is 118 Å². The molecule has 0 aliphatic heterocycles. The number of thiazole rings is 2. The molecule has 0 saturated heterocycles. The van der Waals surface area contributed by atoms with Crippen LogP contribution in [-0.2, 0) is 7.05 Å². The predicted molar refractivity (Wildman–Crippen MR) is 270 cm³/mol. The van der Waals surface area contributed by atoms with Crippen LogP contribution in [0.5, 0.6) is 11.5 Å². The van der Waals surface area contributed by atoms with Crippen LogP contribution in [0.4, 0.5) is 0 Å². The van der Waals surface area contributed by atoms with Crippen LogP contribution in [0.25, 0.3) is 64.9 Å². The van der Waals surface area contributed by atoms with Gasteiger partial charge in [-0.3, -0.25) is 0 Å². The van der Waals surface area contributed by atoms with Crippen molar-refractivity contribution < 1.29 is 9.47 Å². The van der Waals surface area contributed by atoms with Crippen LogP contribution in [0.2, 0.25) is 0 Å². The number of hydrogen-bond acceptors (Lipinski definition) is 8. The van der Waals surface area contributed by atoms with Crippen LogP contribution in [-0.4, -0.2) is 32.7 Å². The van der Waals surface area contributed by atoms with Gasteiger partial charge in [0.25, 0.3) is 0 Å². The molecule has 0 fully saturated rings. The lowest BCUT2D eigenvalue weighted by molar-refractivity contribution is 0.240. The van der Waals surface area contributed by atoms with Crippen LogP contribution in [0, 0.1) is 45.3 Å². The summed E-state index contributed by atoms with van der Waals surface area (Å²) < 4.78 is 16.7. The first-order valence-corrected chi connectivity index (χ1v) is 24.2. The second kappa shape index (κ2) is 18.7. The molecule has 4 heterocycles. The van der Waals surface area contributed by atoms with Crippen molar-refractivity contribution in [3.8, 4) is 46.2 Å². The number of nitriles is 2. The maximum atomic E-state index is 11.2. The predicted octanol–water partition coefficient (Wildman–Crippen LogP) is 13.2. The summed E-state index contributed by atoms with van der Waals surface area (Å²) in [7, 11) is 2.01. The lowest BCUT2D eigenvalue weighted by atomic mass is 9.84. The molecule has 10 heteroatoms. The number of benzene rings is 4. The van der Waals surface area contributed by atoms with Gasteiger partial charge in [-0.1, -0.05) is 79.7 Å². The number of nitrogens with one attached hydrogen (secondary N) is 1. The van der Waals surface area contributed by atoms with Gasteiger partial charge in [-0.2, -0.15) is 10.5 Å². The second-order valence-electron chi connectivity index (χ2n) is 19.9. The maximum Gasteiger partial charge on any atom is 0.137 e. The van der Waals surface area contributed by atoms with Gasteiger partial charge < -0.3 is 19.0 Å². The van der Waals surface area contributed by atoms with Crippen LogP contribution in [0.3, 0.4) is 0 Å². The molecule has 0 radical (unpaired) electrons. The highest BCUT2D eigenvalue weighted by molar-refractivity contribution is 7.20. The Bertz CT molecular complexity index is 3130. The zero-order chi connectivity index (χ0) is 46.0. The van der Waals surface area contributed by atoms with Gasteiger partial charge in [-0.05, 0) is 132 Å². The molecule has 0 saturated carbocycles. The fourth-order valence-corrected chi connectivity index (χ4v) is 11.2. The Balaban J connectivity index is 1.33. The Morgan fingerprint density at radius 2 is 1.11 bits per heavy atom. The Morgan fingerprint density at radius 3 is 1.57 bits per heavy atom. The number of nitrogens with zero attached hydrogens (tertiary/aromatic N) is 5. The number of aromatic amines is 1. The van der Waals surface area contributed by atoms with Crippen LogP contribution in [0.1, 0.15) is 91.1 Å². The molecule has 4 aromatic heterocycles. The van der Waals surface area contributed by atoms with E-state index in [0.717, 1.165) is 90.9 Å². The number of fused-ring (bicyclic) bond motifs is 3. The van der Waals surface area contributed by atoms with Crippen LogP contribution >= 0.6 is 22.7 Å². The van der Waals surface area contributed by atoms with E-state index in [9.17, 15) is 10.5 Å². The molecule has 8 nitrogen and oxygen atoms in total. The van der Waals surface area contributed by atoms with Crippen molar-refractivity contribution in [2.45, 2.75) is 81.1 Å². The van der Waals surface area contributed by atoms with Gasteiger partial charge in [0.05, 0.1) is 55.7 Å². The third kappa shape index (κ3) is 10.1. The van der Waals surface area contributed by atoms with Gasteiger partial charge in [0.2, 0.25) is 0 Å². The summed E-state index contributed by atoms with van der Waals surface area (Å²) in [6.07, 6.45) is 4.21. The van der Waals surface area contributed by atoms with E-state index in [1.54, 1.807) is 0 Å². The van der Waals surface area contributed by atoms with E-state index in [0.29, 0.717) is 56.9 Å². The average molecular weight is 899 g/mol. The summed E-state index contributed by atoms with van der Waals surface area (Å²) in [6, 6.07) is 37.4. The number of aromatic nitrogens is 4. The highest BCUT2D eigenvalue weighted by atomic mass is 32.1. The molecular formula is C55H58N6O2S2. The SMILES string of the molecule is CC(CCOc1ccc(-c2[nH]/c(=C(/C#N)c3nc4ccccc4s3)c3c(-c4ccc(OCCC(C)CC(C)(C)C)cc4)n(C)/c(=C(/C#N)c4nc5ccccc5s4)c23)cc1)CC(C)(C)C. The molecule has 0 aliphatic carbocycles. The molecule has 0 amide bonds. The van der Waals surface area contributed by atoms with E-state index in [1.165, 1.54) is 22.7 Å². The number of rotatable bonds is 14. The molecule has 332 valence electrons. The largest absolute Gasteiger partial charge is 0.494 e. The van der Waals surface area contributed by atoms with Gasteiger partial charge >= 0.3 is 0 Å². The van der Waals surface area contributed by atoms with Crippen molar-refractivity contribution in [1.29, 1.82) is 10.5 Å². The van der Waals surface area contributed by atoms with Crippen molar-refractivity contribution in [2.24, 2.45) is 29.7 Å². The fraction of sp³-hybridized carbons (Fsp3) is 0.345. The van der Waals surface area contributed by atoms with Crippen LogP contribution < -0.4 is 20.2 Å². The molecule has 0 spiro atoms. The van der Waals surface area contributed by atoms with Crippen molar-refractivity contribution in [2.75, 3.05) is 13.2 Å². The van der Waals surface area contributed by atoms with Crippen LogP contribution in [0.15, 0.2) is 97.1 Å².